The van der Waals surface area contributed by atoms with Crippen LogP contribution in [0.5, 0.6) is 0 Å². The van der Waals surface area contributed by atoms with Crippen LogP contribution in [0.3, 0.4) is 0 Å². The Balaban J connectivity index is 0. The molecule has 2 N–H and O–H groups in total. The van der Waals surface area contributed by atoms with Crippen LogP contribution in [0.15, 0.2) is 0 Å². The van der Waals surface area contributed by atoms with E-state index in [-0.39, 0.29) is 61.6 Å². The van der Waals surface area contributed by atoms with Crippen molar-refractivity contribution in [3.63, 3.8) is 0 Å². The number of rotatable bonds is 0. The molecule has 0 atom stereocenters. The predicted molar refractivity (Wildman–Crippen MR) is 4.30 cm³/mol. The Morgan fingerprint density at radius 1 is 0.800 bits per heavy atom. The standard InChI is InChI=1S/2ClH.Hf.H2O.O/h2*1H;;1H2;/q;;+4;;-2/p-2. The molecule has 2 nitrogen and oxygen atoms in total. The molecule has 0 aromatic carbocycles. The van der Waals surface area contributed by atoms with Gasteiger partial charge in [-0.25, -0.2) is 0 Å². The van der Waals surface area contributed by atoms with Crippen molar-refractivity contribution in [1.29, 1.82) is 0 Å². The summed E-state index contributed by atoms with van der Waals surface area (Å²) in [5, 5.41) is 0. The van der Waals surface area contributed by atoms with Crippen molar-refractivity contribution < 1.29 is 61.6 Å². The van der Waals surface area contributed by atoms with Crippen LogP contribution in [0.4, 0.5) is 0 Å². The average Bonchev–Trinajstić information content (AvgIpc) is 0. The van der Waals surface area contributed by atoms with Crippen molar-refractivity contribution in [3.8, 4) is 0 Å². The van der Waals surface area contributed by atoms with E-state index < -0.39 is 0 Å². The Morgan fingerprint density at radius 2 is 0.800 bits per heavy atom. The molecule has 0 amide bonds. The fourth-order valence-corrected chi connectivity index (χ4v) is 0. The summed E-state index contributed by atoms with van der Waals surface area (Å²) in [4.78, 5) is 0. The van der Waals surface area contributed by atoms with Crippen LogP contribution in [0.2, 0.25) is 0 Å². The van der Waals surface area contributed by atoms with Gasteiger partial charge in [0.05, 0.1) is 0 Å². The summed E-state index contributed by atoms with van der Waals surface area (Å²) >= 11 is 0. The Labute approximate surface area is 61.5 Å². The van der Waals surface area contributed by atoms with E-state index in [1.165, 1.54) is 0 Å². The number of halogens is 2. The topological polar surface area (TPSA) is 60.0 Å². The fraction of sp³-hybridized carbons (Fsp3) is 0. The van der Waals surface area contributed by atoms with E-state index in [0.29, 0.717) is 0 Å². The molecule has 0 fully saturated rings. The molecule has 5 heteroatoms. The maximum Gasteiger partial charge on any atom is 4.00 e. The second-order valence-electron chi connectivity index (χ2n) is 0. The first-order valence-electron chi connectivity index (χ1n) is 0. The predicted octanol–water partition coefficient (Wildman–Crippen LogP) is -6.94. The van der Waals surface area contributed by atoms with Gasteiger partial charge in [0.1, 0.15) is 0 Å². The van der Waals surface area contributed by atoms with Crippen molar-refractivity contribution in [2.24, 2.45) is 0 Å². The molecule has 0 radical (unpaired) electrons. The van der Waals surface area contributed by atoms with Crippen molar-refractivity contribution in [2.75, 3.05) is 0 Å². The minimum atomic E-state index is 0. The van der Waals surface area contributed by atoms with Crippen LogP contribution in [-0.2, 0) is 31.3 Å². The fourth-order valence-electron chi connectivity index (χ4n) is 0. The quantitative estimate of drug-likeness (QED) is 0.397. The SMILES string of the molecule is O.[Cl-].[Cl-].[Hf+4].[O-2]. The molecule has 0 saturated heterocycles. The van der Waals surface area contributed by atoms with E-state index >= 15 is 0 Å². The molecule has 32 valence electrons. The van der Waals surface area contributed by atoms with Crippen molar-refractivity contribution >= 4 is 0 Å². The molecule has 5 heavy (non-hydrogen) atoms. The Bertz CT molecular complexity index is 7.61. The summed E-state index contributed by atoms with van der Waals surface area (Å²) in [5.41, 5.74) is 0. The molecule has 0 aliphatic heterocycles. The van der Waals surface area contributed by atoms with Gasteiger partial charge in [-0.15, -0.1) is 0 Å². The molecular weight excluding hydrogens is 281 g/mol. The van der Waals surface area contributed by atoms with Crippen LogP contribution in [0, 0.1) is 0 Å². The molecule has 0 aliphatic rings. The zero-order valence-electron chi connectivity index (χ0n) is 2.16. The second-order valence-corrected chi connectivity index (χ2v) is 0. The van der Waals surface area contributed by atoms with Gasteiger partial charge in [-0.3, -0.25) is 0 Å². The first-order chi connectivity index (χ1) is 0. The number of hydrogen-bond donors (Lipinski definition) is 0. The van der Waals surface area contributed by atoms with E-state index in [2.05, 4.69) is 0 Å². The summed E-state index contributed by atoms with van der Waals surface area (Å²) in [6, 6.07) is 0. The minimum absolute atomic E-state index is 0. The molecule has 0 bridgehead atoms. The molecular formula is H2Cl2HfO2. The molecule has 0 rings (SSSR count). The minimum Gasteiger partial charge on any atom is -2.00 e. The van der Waals surface area contributed by atoms with E-state index in [0.717, 1.165) is 0 Å². The van der Waals surface area contributed by atoms with Gasteiger partial charge in [0, 0.05) is 0 Å². The van der Waals surface area contributed by atoms with E-state index in [1.54, 1.807) is 0 Å². The number of hydrogen-bond acceptors (Lipinski definition) is 0. The third-order valence-corrected chi connectivity index (χ3v) is 0. The van der Waals surface area contributed by atoms with Crippen LogP contribution >= 0.6 is 0 Å². The molecule has 0 saturated carbocycles. The Kier molecular flexibility index (Phi) is 1070. The summed E-state index contributed by atoms with van der Waals surface area (Å²) in [7, 11) is 0. The van der Waals surface area contributed by atoms with Gasteiger partial charge in [0.2, 0.25) is 0 Å². The van der Waals surface area contributed by atoms with Crippen molar-refractivity contribution in [3.05, 3.63) is 0 Å². The van der Waals surface area contributed by atoms with Gasteiger partial charge in [0.25, 0.3) is 0 Å². The second kappa shape index (κ2) is 54.6. The zero-order chi connectivity index (χ0) is 0. The van der Waals surface area contributed by atoms with Gasteiger partial charge in [-0.2, -0.15) is 0 Å². The summed E-state index contributed by atoms with van der Waals surface area (Å²) in [6.45, 7) is 0. The largest absolute Gasteiger partial charge is 4.00 e. The van der Waals surface area contributed by atoms with Gasteiger partial charge < -0.3 is 35.8 Å². The normalized spacial score (nSPS) is 0. The van der Waals surface area contributed by atoms with Gasteiger partial charge >= 0.3 is 25.8 Å². The first kappa shape index (κ1) is 97.9. The van der Waals surface area contributed by atoms with Gasteiger partial charge in [-0.05, 0) is 0 Å². The molecule has 0 aliphatic carbocycles. The monoisotopic (exact) mass is 284 g/mol. The van der Waals surface area contributed by atoms with Crippen LogP contribution < -0.4 is 24.8 Å². The molecule has 0 heterocycles. The van der Waals surface area contributed by atoms with Gasteiger partial charge in [0.15, 0.2) is 0 Å². The first-order valence-corrected chi connectivity index (χ1v) is 0. The third-order valence-electron chi connectivity index (χ3n) is 0. The van der Waals surface area contributed by atoms with E-state index in [4.69, 9.17) is 0 Å². The van der Waals surface area contributed by atoms with Crippen molar-refractivity contribution in [1.82, 2.24) is 0 Å². The smallest absolute Gasteiger partial charge is 2.00 e. The molecule has 0 aromatic rings. The van der Waals surface area contributed by atoms with Crippen LogP contribution in [-0.4, -0.2) is 5.48 Å². The zero-order valence-corrected chi connectivity index (χ0v) is 7.27. The molecule has 0 aromatic heterocycles. The van der Waals surface area contributed by atoms with Crippen molar-refractivity contribution in [2.45, 2.75) is 0 Å². The van der Waals surface area contributed by atoms with E-state index in [9.17, 15) is 0 Å². The maximum absolute atomic E-state index is 0. The van der Waals surface area contributed by atoms with Crippen LogP contribution in [0.1, 0.15) is 0 Å². The van der Waals surface area contributed by atoms with E-state index in [1.807, 2.05) is 0 Å². The molecule has 0 unspecified atom stereocenters. The van der Waals surface area contributed by atoms with Gasteiger partial charge in [-0.1, -0.05) is 0 Å². The summed E-state index contributed by atoms with van der Waals surface area (Å²) in [5.74, 6) is 0. The maximum atomic E-state index is 0. The third kappa shape index (κ3) is 32.5. The summed E-state index contributed by atoms with van der Waals surface area (Å²) < 4.78 is 0. The summed E-state index contributed by atoms with van der Waals surface area (Å²) in [6.07, 6.45) is 0. The molecule has 0 spiro atoms. The van der Waals surface area contributed by atoms with Crippen LogP contribution in [0.25, 0.3) is 0 Å². The Hall–Kier alpha value is 1.37. The average molecular weight is 283 g/mol. The Morgan fingerprint density at radius 3 is 0.800 bits per heavy atom.